The van der Waals surface area contributed by atoms with E-state index in [1.807, 2.05) is 0 Å². The van der Waals surface area contributed by atoms with E-state index in [0.29, 0.717) is 0 Å². The fourth-order valence-corrected chi connectivity index (χ4v) is 0. The summed E-state index contributed by atoms with van der Waals surface area (Å²) in [6.07, 6.45) is 0. The predicted molar refractivity (Wildman–Crippen MR) is 33.4 cm³/mol. The topological polar surface area (TPSA) is 14.1 Å². The molecule has 12 heavy (non-hydrogen) atoms. The second kappa shape index (κ2) is 22.5. The van der Waals surface area contributed by atoms with Gasteiger partial charge in [0, 0.05) is 0 Å². The number of nitrogens with zero attached hydrogens (tertiary/aromatic N) is 1. The molecular formula is C2H6B2F6LiN. The Balaban J connectivity index is -0.0000000389. The van der Waals surface area contributed by atoms with Crippen LogP contribution in [0.2, 0.25) is 0 Å². The summed E-state index contributed by atoms with van der Waals surface area (Å²) in [5.41, 5.74) is 0. The van der Waals surface area contributed by atoms with Gasteiger partial charge in [-0.3, -0.25) is 25.9 Å². The number of hydrogen-bond donors (Lipinski definition) is 0. The molecule has 0 spiro atoms. The van der Waals surface area contributed by atoms with Crippen LogP contribution < -0.4 is 18.9 Å². The van der Waals surface area contributed by atoms with Crippen LogP contribution >= 0.6 is 0 Å². The Bertz CT molecular complexity index is 47.3. The Morgan fingerprint density at radius 3 is 0.750 bits per heavy atom. The minimum absolute atomic E-state index is 0. The van der Waals surface area contributed by atoms with Crippen LogP contribution in [0, 0.1) is 0 Å². The maximum Gasteiger partial charge on any atom is 1.00 e. The normalized spacial score (nSPS) is 6.00. The van der Waals surface area contributed by atoms with Gasteiger partial charge in [-0.05, 0) is 0 Å². The molecule has 0 bridgehead atoms. The van der Waals surface area contributed by atoms with Gasteiger partial charge in [-0.15, -0.1) is 0 Å². The average molecular weight is 187 g/mol. The van der Waals surface area contributed by atoms with E-state index in [0.717, 1.165) is 0 Å². The molecule has 0 radical (unpaired) electrons. The van der Waals surface area contributed by atoms with Gasteiger partial charge < -0.3 is 5.32 Å². The third-order valence-corrected chi connectivity index (χ3v) is 0. The van der Waals surface area contributed by atoms with Gasteiger partial charge in [0.05, 0.1) is 0 Å². The van der Waals surface area contributed by atoms with Crippen molar-refractivity contribution in [3.8, 4) is 0 Å². The molecule has 0 N–H and O–H groups in total. The zero-order valence-electron chi connectivity index (χ0n) is 6.87. The number of halogens is 6. The van der Waals surface area contributed by atoms with Crippen LogP contribution in [-0.2, 0) is 0 Å². The summed E-state index contributed by atoms with van der Waals surface area (Å²) >= 11 is 0. The van der Waals surface area contributed by atoms with E-state index < -0.39 is 15.1 Å². The van der Waals surface area contributed by atoms with Gasteiger partial charge in [0.1, 0.15) is 0 Å². The molecule has 1 nitrogen and oxygen atoms in total. The maximum absolute atomic E-state index is 9.67. The molecule has 10 heteroatoms. The standard InChI is InChI=1S/C2H6N.2BF3.Li/c1-3-2;2*2-1(3)4;/h1-2H3;;;/q-1;;;+1. The molecule has 0 aromatic carbocycles. The SMILES string of the molecule is C[N-]C.FB(F)F.FB(F)F.[Li+]. The molecule has 0 aromatic rings. The molecule has 0 rings (SSSR count). The molecule has 0 aliphatic carbocycles. The molecule has 68 valence electrons. The predicted octanol–water partition coefficient (Wildman–Crippen LogP) is -0.617. The molecule has 0 aromatic heterocycles. The van der Waals surface area contributed by atoms with E-state index in [2.05, 4.69) is 5.32 Å². The largest absolute Gasteiger partial charge is 1.00 e. The third kappa shape index (κ3) is 12300. The second-order valence-corrected chi connectivity index (χ2v) is 0.942. The van der Waals surface area contributed by atoms with Gasteiger partial charge in [0.25, 0.3) is 0 Å². The molecule has 0 aliphatic rings. The van der Waals surface area contributed by atoms with Crippen molar-refractivity contribution in [3.63, 3.8) is 0 Å². The van der Waals surface area contributed by atoms with Gasteiger partial charge in [0.2, 0.25) is 0 Å². The van der Waals surface area contributed by atoms with Crippen LogP contribution in [0.1, 0.15) is 0 Å². The van der Waals surface area contributed by atoms with Crippen molar-refractivity contribution in [2.24, 2.45) is 0 Å². The summed E-state index contributed by atoms with van der Waals surface area (Å²) in [5, 5.41) is 3.50. The van der Waals surface area contributed by atoms with E-state index in [4.69, 9.17) is 0 Å². The molecule has 0 unspecified atom stereocenters. The van der Waals surface area contributed by atoms with Crippen LogP contribution in [-0.4, -0.2) is 29.2 Å². The van der Waals surface area contributed by atoms with Crippen molar-refractivity contribution in [1.29, 1.82) is 0 Å². The summed E-state index contributed by atoms with van der Waals surface area (Å²) < 4.78 is 58.0. The Morgan fingerprint density at radius 2 is 0.750 bits per heavy atom. The Labute approximate surface area is 79.9 Å². The number of hydrogen-bond acceptors (Lipinski definition) is 0. The van der Waals surface area contributed by atoms with Gasteiger partial charge in [0.15, 0.2) is 0 Å². The fraction of sp³-hybridized carbons (Fsp3) is 1.00. The second-order valence-electron chi connectivity index (χ2n) is 0.942. The molecule has 0 aliphatic heterocycles. The molecule has 0 atom stereocenters. The first-order valence-corrected chi connectivity index (χ1v) is 2.20. The van der Waals surface area contributed by atoms with Crippen molar-refractivity contribution >= 4 is 15.1 Å². The smallest absolute Gasteiger partial charge is 0.668 e. The quantitative estimate of drug-likeness (QED) is 0.354. The van der Waals surface area contributed by atoms with Crippen LogP contribution in [0.15, 0.2) is 0 Å². The zero-order valence-corrected chi connectivity index (χ0v) is 6.87. The van der Waals surface area contributed by atoms with Gasteiger partial charge in [-0.1, -0.05) is 0 Å². The third-order valence-electron chi connectivity index (χ3n) is 0. The first-order valence-electron chi connectivity index (χ1n) is 2.20. The summed E-state index contributed by atoms with van der Waals surface area (Å²) in [6.45, 7) is 0. The molecule has 0 saturated heterocycles. The zero-order chi connectivity index (χ0) is 9.86. The van der Waals surface area contributed by atoms with E-state index in [1.54, 1.807) is 14.1 Å². The average Bonchev–Trinajstić information content (AvgIpc) is 1.60. The van der Waals surface area contributed by atoms with Gasteiger partial charge in [-0.25, -0.2) is 0 Å². The van der Waals surface area contributed by atoms with Crippen molar-refractivity contribution < 1.29 is 44.8 Å². The first kappa shape index (κ1) is 22.8. The Hall–Kier alpha value is 0.267. The molecule has 0 amide bonds. The van der Waals surface area contributed by atoms with Crippen LogP contribution in [0.25, 0.3) is 5.32 Å². The summed E-state index contributed by atoms with van der Waals surface area (Å²) in [7, 11) is -3.83. The van der Waals surface area contributed by atoms with E-state index in [-0.39, 0.29) is 18.9 Å². The molecule has 0 heterocycles. The van der Waals surface area contributed by atoms with Gasteiger partial charge >= 0.3 is 33.9 Å². The minimum atomic E-state index is -3.67. The minimum Gasteiger partial charge on any atom is -0.668 e. The van der Waals surface area contributed by atoms with Crippen molar-refractivity contribution in [1.82, 2.24) is 0 Å². The maximum atomic E-state index is 9.67. The fourth-order valence-electron chi connectivity index (χ4n) is 0. The summed E-state index contributed by atoms with van der Waals surface area (Å²) in [6, 6.07) is 0. The van der Waals surface area contributed by atoms with E-state index in [1.165, 1.54) is 0 Å². The summed E-state index contributed by atoms with van der Waals surface area (Å²) in [5.74, 6) is 0. The monoisotopic (exact) mass is 187 g/mol. The summed E-state index contributed by atoms with van der Waals surface area (Å²) in [4.78, 5) is 0. The van der Waals surface area contributed by atoms with Crippen LogP contribution in [0.4, 0.5) is 25.9 Å². The van der Waals surface area contributed by atoms with Crippen LogP contribution in [0.5, 0.6) is 0 Å². The first-order chi connectivity index (χ1) is 4.88. The molecule has 0 saturated carbocycles. The van der Waals surface area contributed by atoms with Crippen molar-refractivity contribution in [2.75, 3.05) is 14.1 Å². The number of rotatable bonds is 0. The Morgan fingerprint density at radius 1 is 0.750 bits per heavy atom. The van der Waals surface area contributed by atoms with Gasteiger partial charge in [-0.2, -0.15) is 14.1 Å². The van der Waals surface area contributed by atoms with E-state index in [9.17, 15) is 25.9 Å². The Kier molecular flexibility index (Phi) is 42.7. The molecular weight excluding hydrogens is 181 g/mol. The molecule has 0 fully saturated rings. The van der Waals surface area contributed by atoms with Crippen molar-refractivity contribution in [2.45, 2.75) is 0 Å². The van der Waals surface area contributed by atoms with E-state index >= 15 is 0 Å². The van der Waals surface area contributed by atoms with Crippen LogP contribution in [0.3, 0.4) is 0 Å². The van der Waals surface area contributed by atoms with Crippen molar-refractivity contribution in [3.05, 3.63) is 5.32 Å².